The molecule has 0 saturated heterocycles. The monoisotopic (exact) mass is 607 g/mol. The van der Waals surface area contributed by atoms with Gasteiger partial charge in [0.1, 0.15) is 17.8 Å². The average molecular weight is 608 g/mol. The first-order chi connectivity index (χ1) is 21.1. The summed E-state index contributed by atoms with van der Waals surface area (Å²) in [6, 6.07) is 10.5. The smallest absolute Gasteiger partial charge is 0.249 e. The second kappa shape index (κ2) is 17.0. The third-order valence-corrected chi connectivity index (χ3v) is 7.32. The normalized spacial score (nSPS) is 13.1. The number of guanidine groups is 1. The van der Waals surface area contributed by atoms with Crippen LogP contribution in [0.15, 0.2) is 47.0 Å². The molecular formula is C31H45N9O4. The Morgan fingerprint density at radius 1 is 1.02 bits per heavy atom. The summed E-state index contributed by atoms with van der Waals surface area (Å²) < 4.78 is 5.60. The summed E-state index contributed by atoms with van der Waals surface area (Å²) in [4.78, 5) is 31.6. The minimum atomic E-state index is -0.977. The number of unbranched alkanes of at least 4 members (excludes halogenated alkanes) is 1. The molecule has 2 unspecified atom stereocenters. The molecule has 238 valence electrons. The van der Waals surface area contributed by atoms with Crippen LogP contribution in [0, 0.1) is 19.3 Å². The Bertz CT molecular complexity index is 1360. The van der Waals surface area contributed by atoms with Gasteiger partial charge in [0.25, 0.3) is 0 Å². The van der Waals surface area contributed by atoms with E-state index in [1.165, 1.54) is 0 Å². The third kappa shape index (κ3) is 10.7. The van der Waals surface area contributed by atoms with Gasteiger partial charge in [0.2, 0.25) is 17.7 Å². The van der Waals surface area contributed by atoms with Crippen LogP contribution < -0.4 is 33.2 Å². The first kappa shape index (κ1) is 34.0. The van der Waals surface area contributed by atoms with Crippen LogP contribution in [0.4, 0.5) is 0 Å². The molecule has 44 heavy (non-hydrogen) atoms. The highest BCUT2D eigenvalue weighted by Gasteiger charge is 2.29. The van der Waals surface area contributed by atoms with Gasteiger partial charge in [-0.05, 0) is 86.9 Å². The first-order valence-electron chi connectivity index (χ1n) is 14.9. The van der Waals surface area contributed by atoms with E-state index < -0.39 is 29.9 Å². The Kier molecular flexibility index (Phi) is 13.1. The number of aromatic hydroxyl groups is 1. The number of nitrogens with one attached hydrogen (secondary N) is 4. The van der Waals surface area contributed by atoms with Crippen molar-refractivity contribution in [1.29, 1.82) is 5.41 Å². The number of aromatic nitrogens is 2. The first-order valence-corrected chi connectivity index (χ1v) is 14.9. The molecule has 1 heterocycles. The lowest BCUT2D eigenvalue weighted by atomic mass is 9.95. The molecular weight excluding hydrogens is 562 g/mol. The van der Waals surface area contributed by atoms with Crippen LogP contribution in [-0.2, 0) is 22.4 Å². The summed E-state index contributed by atoms with van der Waals surface area (Å²) in [6.45, 7) is 4.58. The minimum Gasteiger partial charge on any atom is -0.508 e. The zero-order chi connectivity index (χ0) is 32.1. The molecule has 11 N–H and O–H groups in total. The van der Waals surface area contributed by atoms with Gasteiger partial charge in [-0.15, -0.1) is 0 Å². The van der Waals surface area contributed by atoms with Gasteiger partial charge >= 0.3 is 0 Å². The number of hydrogen-bond acceptors (Lipinski definition) is 9. The number of nitrogens with zero attached hydrogens (tertiary/aromatic N) is 2. The molecule has 3 aromatic rings. The van der Waals surface area contributed by atoms with Crippen molar-refractivity contribution in [3.8, 4) is 5.75 Å². The Balaban J connectivity index is 1.81. The molecule has 1 aromatic heterocycles. The topological polar surface area (TPSA) is 231 Å². The standard InChI is InChI=1S/C31H45N9O4/c1-19-15-22(41)16-20(2)23(19)18-26(38-28(42)24(33)11-8-14-36-31(34)35)29(43)37-25(12-6-7-13-32)30-39-27(40-44-30)17-21-9-4-3-5-10-21/h3-5,9-10,15-16,24-26,41H,6-8,11-14,17-18,32-33H2,1-2H3,(H,37,43)(H,38,42)(H4,34,35,36)/t24?,25-,26?/m0/s1. The van der Waals surface area contributed by atoms with E-state index in [0.29, 0.717) is 51.0 Å². The van der Waals surface area contributed by atoms with Gasteiger partial charge in [0, 0.05) is 19.4 Å². The summed E-state index contributed by atoms with van der Waals surface area (Å²) in [5.41, 5.74) is 20.6. The summed E-state index contributed by atoms with van der Waals surface area (Å²) in [5, 5.41) is 30.0. The van der Waals surface area contributed by atoms with E-state index in [9.17, 15) is 14.7 Å². The van der Waals surface area contributed by atoms with E-state index in [1.807, 2.05) is 44.2 Å². The van der Waals surface area contributed by atoms with Gasteiger partial charge in [-0.2, -0.15) is 4.98 Å². The van der Waals surface area contributed by atoms with Crippen molar-refractivity contribution in [2.24, 2.45) is 17.2 Å². The van der Waals surface area contributed by atoms with Gasteiger partial charge in [-0.25, -0.2) is 0 Å². The van der Waals surface area contributed by atoms with E-state index in [4.69, 9.17) is 27.1 Å². The third-order valence-electron chi connectivity index (χ3n) is 7.32. The van der Waals surface area contributed by atoms with Crippen LogP contribution in [0.25, 0.3) is 0 Å². The molecule has 0 fully saturated rings. The maximum Gasteiger partial charge on any atom is 0.249 e. The van der Waals surface area contributed by atoms with Crippen molar-refractivity contribution >= 4 is 17.8 Å². The van der Waals surface area contributed by atoms with Gasteiger partial charge in [-0.3, -0.25) is 15.0 Å². The molecule has 0 saturated carbocycles. The number of carbonyl (C=O) groups is 2. The fourth-order valence-electron chi connectivity index (χ4n) is 4.94. The molecule has 0 aliphatic rings. The van der Waals surface area contributed by atoms with E-state index >= 15 is 0 Å². The van der Waals surface area contributed by atoms with Crippen molar-refractivity contribution in [2.75, 3.05) is 13.1 Å². The second-order valence-electron chi connectivity index (χ2n) is 11.0. The van der Waals surface area contributed by atoms with Crippen molar-refractivity contribution in [1.82, 2.24) is 26.1 Å². The number of carbonyl (C=O) groups excluding carboxylic acids is 2. The van der Waals surface area contributed by atoms with E-state index in [0.717, 1.165) is 28.7 Å². The van der Waals surface area contributed by atoms with E-state index in [1.54, 1.807) is 12.1 Å². The average Bonchev–Trinajstić information content (AvgIpc) is 3.44. The summed E-state index contributed by atoms with van der Waals surface area (Å²) in [5.74, 6) is -0.180. The van der Waals surface area contributed by atoms with Crippen molar-refractivity contribution in [3.63, 3.8) is 0 Å². The fraction of sp³-hybridized carbons (Fsp3) is 0.452. The molecule has 3 rings (SSSR count). The largest absolute Gasteiger partial charge is 0.508 e. The van der Waals surface area contributed by atoms with Crippen LogP contribution in [-0.4, -0.2) is 58.2 Å². The highest BCUT2D eigenvalue weighted by Crippen LogP contribution is 2.23. The summed E-state index contributed by atoms with van der Waals surface area (Å²) in [7, 11) is 0. The molecule has 2 aromatic carbocycles. The number of phenols is 1. The van der Waals surface area contributed by atoms with Gasteiger partial charge in [-0.1, -0.05) is 35.5 Å². The number of aryl methyl sites for hydroxylation is 2. The molecule has 2 amide bonds. The SMILES string of the molecule is Cc1cc(O)cc(C)c1CC(NC(=O)C(N)CCCNC(=N)N)C(=O)N[C@@H](CCCCN)c1nc(Cc2ccccc2)no1. The van der Waals surface area contributed by atoms with Gasteiger partial charge < -0.3 is 42.8 Å². The number of hydrogen-bond donors (Lipinski definition) is 8. The lowest BCUT2D eigenvalue weighted by Gasteiger charge is -2.24. The highest BCUT2D eigenvalue weighted by atomic mass is 16.5. The summed E-state index contributed by atoms with van der Waals surface area (Å²) in [6.07, 6.45) is 3.45. The van der Waals surface area contributed by atoms with Crippen molar-refractivity contribution in [2.45, 2.75) is 76.9 Å². The lowest BCUT2D eigenvalue weighted by molar-refractivity contribution is -0.130. The fourth-order valence-corrected chi connectivity index (χ4v) is 4.94. The maximum atomic E-state index is 13.9. The Labute approximate surface area is 257 Å². The molecule has 3 atom stereocenters. The number of rotatable bonds is 17. The van der Waals surface area contributed by atoms with Crippen LogP contribution >= 0.6 is 0 Å². The van der Waals surface area contributed by atoms with Crippen LogP contribution in [0.3, 0.4) is 0 Å². The number of benzene rings is 2. The molecule has 0 aliphatic carbocycles. The predicted molar refractivity (Wildman–Crippen MR) is 168 cm³/mol. The Hall–Kier alpha value is -4.49. The zero-order valence-electron chi connectivity index (χ0n) is 25.4. The minimum absolute atomic E-state index is 0.123. The molecule has 0 aliphatic heterocycles. The van der Waals surface area contributed by atoms with Crippen LogP contribution in [0.2, 0.25) is 0 Å². The summed E-state index contributed by atoms with van der Waals surface area (Å²) >= 11 is 0. The Morgan fingerprint density at radius 2 is 1.73 bits per heavy atom. The zero-order valence-corrected chi connectivity index (χ0v) is 25.4. The molecule has 0 spiro atoms. The molecule has 13 nitrogen and oxygen atoms in total. The number of nitrogens with two attached hydrogens (primary N) is 3. The quantitative estimate of drug-likeness (QED) is 0.0627. The van der Waals surface area contributed by atoms with E-state index in [-0.39, 0.29) is 24.0 Å². The highest BCUT2D eigenvalue weighted by molar-refractivity contribution is 5.90. The van der Waals surface area contributed by atoms with Gasteiger partial charge in [0.05, 0.1) is 6.04 Å². The molecule has 0 radical (unpaired) electrons. The number of phenolic OH excluding ortho intramolecular Hbond substituents is 1. The van der Waals surface area contributed by atoms with Crippen LogP contribution in [0.5, 0.6) is 5.75 Å². The van der Waals surface area contributed by atoms with E-state index in [2.05, 4.69) is 26.1 Å². The Morgan fingerprint density at radius 3 is 2.39 bits per heavy atom. The molecule has 0 bridgehead atoms. The van der Waals surface area contributed by atoms with Crippen molar-refractivity contribution < 1.29 is 19.2 Å². The van der Waals surface area contributed by atoms with Crippen molar-refractivity contribution in [3.05, 3.63) is 76.4 Å². The molecule has 13 heteroatoms. The second-order valence-corrected chi connectivity index (χ2v) is 11.0. The lowest BCUT2D eigenvalue weighted by Crippen LogP contribution is -2.53. The predicted octanol–water partition coefficient (Wildman–Crippen LogP) is 1.59. The van der Waals surface area contributed by atoms with Crippen LogP contribution in [0.1, 0.15) is 72.1 Å². The number of amides is 2. The maximum absolute atomic E-state index is 13.9. The van der Waals surface area contributed by atoms with Gasteiger partial charge in [0.15, 0.2) is 11.8 Å².